The summed E-state index contributed by atoms with van der Waals surface area (Å²) in [6.45, 7) is 7.15. The summed E-state index contributed by atoms with van der Waals surface area (Å²) < 4.78 is 0. The minimum atomic E-state index is -0.354. The summed E-state index contributed by atoms with van der Waals surface area (Å²) in [6, 6.07) is 0. The van der Waals surface area contributed by atoms with Crippen LogP contribution in [0.15, 0.2) is 24.3 Å². The molecule has 0 spiro atoms. The lowest BCUT2D eigenvalue weighted by Gasteiger charge is -1.94. The van der Waals surface area contributed by atoms with E-state index in [2.05, 4.69) is 6.58 Å². The van der Waals surface area contributed by atoms with Crippen LogP contribution in [0.1, 0.15) is 13.8 Å². The number of rotatable bonds is 2. The molecule has 0 aromatic rings. The summed E-state index contributed by atoms with van der Waals surface area (Å²) in [4.78, 5) is 0. The van der Waals surface area contributed by atoms with Gasteiger partial charge in [0.25, 0.3) is 0 Å². The fourth-order valence-electron chi connectivity index (χ4n) is 0.449. The molecule has 0 aliphatic heterocycles. The molecule has 1 unspecified atom stereocenters. The van der Waals surface area contributed by atoms with Crippen molar-refractivity contribution >= 4 is 0 Å². The Balaban J connectivity index is 3.74. The SMILES string of the molecule is C=C/C(C)=C\C(C)O. The quantitative estimate of drug-likeness (QED) is 0.537. The van der Waals surface area contributed by atoms with Crippen LogP contribution in [0.25, 0.3) is 0 Å². The summed E-state index contributed by atoms with van der Waals surface area (Å²) in [5, 5.41) is 8.73. The van der Waals surface area contributed by atoms with Crippen molar-refractivity contribution in [2.45, 2.75) is 20.0 Å². The Kier molecular flexibility index (Phi) is 3.20. The molecule has 0 saturated heterocycles. The Morgan fingerprint density at radius 1 is 1.75 bits per heavy atom. The van der Waals surface area contributed by atoms with Gasteiger partial charge in [0.2, 0.25) is 0 Å². The van der Waals surface area contributed by atoms with Crippen LogP contribution < -0.4 is 0 Å². The normalized spacial score (nSPS) is 15.6. The molecule has 0 radical (unpaired) electrons. The van der Waals surface area contributed by atoms with Gasteiger partial charge in [-0.05, 0) is 13.8 Å². The minimum absolute atomic E-state index is 0.354. The van der Waals surface area contributed by atoms with Crippen molar-refractivity contribution in [3.63, 3.8) is 0 Å². The molecule has 0 heterocycles. The summed E-state index contributed by atoms with van der Waals surface area (Å²) >= 11 is 0. The van der Waals surface area contributed by atoms with Gasteiger partial charge in [-0.15, -0.1) is 0 Å². The van der Waals surface area contributed by atoms with Crippen LogP contribution in [0.2, 0.25) is 0 Å². The molecule has 0 amide bonds. The highest BCUT2D eigenvalue weighted by molar-refractivity contribution is 5.13. The highest BCUT2D eigenvalue weighted by Crippen LogP contribution is 1.94. The van der Waals surface area contributed by atoms with Crippen LogP contribution in [-0.4, -0.2) is 11.2 Å². The van der Waals surface area contributed by atoms with Crippen molar-refractivity contribution in [3.05, 3.63) is 24.3 Å². The molecule has 1 N–H and O–H groups in total. The zero-order chi connectivity index (χ0) is 6.57. The van der Waals surface area contributed by atoms with E-state index in [-0.39, 0.29) is 6.10 Å². The topological polar surface area (TPSA) is 20.2 Å². The predicted octanol–water partition coefficient (Wildman–Crippen LogP) is 1.50. The molecule has 0 fully saturated rings. The van der Waals surface area contributed by atoms with E-state index in [9.17, 15) is 0 Å². The van der Waals surface area contributed by atoms with Gasteiger partial charge in [0.1, 0.15) is 0 Å². The van der Waals surface area contributed by atoms with Crippen molar-refractivity contribution in [2.75, 3.05) is 0 Å². The van der Waals surface area contributed by atoms with Gasteiger partial charge in [-0.2, -0.15) is 0 Å². The Morgan fingerprint density at radius 3 is 2.38 bits per heavy atom. The van der Waals surface area contributed by atoms with Gasteiger partial charge in [-0.3, -0.25) is 0 Å². The van der Waals surface area contributed by atoms with Gasteiger partial charge in [-0.1, -0.05) is 24.3 Å². The van der Waals surface area contributed by atoms with E-state index in [0.29, 0.717) is 0 Å². The molecular formula is C7H12O. The number of hydrogen-bond acceptors (Lipinski definition) is 1. The van der Waals surface area contributed by atoms with Crippen molar-refractivity contribution in [2.24, 2.45) is 0 Å². The van der Waals surface area contributed by atoms with Crippen molar-refractivity contribution < 1.29 is 5.11 Å². The molecule has 8 heavy (non-hydrogen) atoms. The average Bonchev–Trinajstić information content (AvgIpc) is 1.65. The second kappa shape index (κ2) is 3.44. The molecule has 1 nitrogen and oxygen atoms in total. The third kappa shape index (κ3) is 3.62. The van der Waals surface area contributed by atoms with Crippen molar-refractivity contribution in [1.82, 2.24) is 0 Å². The number of aliphatic hydroxyl groups excluding tert-OH is 1. The first-order valence-electron chi connectivity index (χ1n) is 2.65. The first-order valence-corrected chi connectivity index (χ1v) is 2.65. The van der Waals surface area contributed by atoms with E-state index >= 15 is 0 Å². The first-order chi connectivity index (χ1) is 3.66. The Labute approximate surface area is 50.3 Å². The first kappa shape index (κ1) is 7.44. The van der Waals surface area contributed by atoms with E-state index < -0.39 is 0 Å². The lowest BCUT2D eigenvalue weighted by Crippen LogP contribution is -1.92. The molecule has 0 aliphatic carbocycles. The van der Waals surface area contributed by atoms with Crippen LogP contribution in [0.3, 0.4) is 0 Å². The molecule has 0 aromatic carbocycles. The largest absolute Gasteiger partial charge is 0.389 e. The molecule has 0 aliphatic rings. The summed E-state index contributed by atoms with van der Waals surface area (Å²) in [6.07, 6.45) is 3.10. The monoisotopic (exact) mass is 112 g/mol. The van der Waals surface area contributed by atoms with Crippen LogP contribution >= 0.6 is 0 Å². The second-order valence-electron chi connectivity index (χ2n) is 1.86. The number of hydrogen-bond donors (Lipinski definition) is 1. The molecule has 1 atom stereocenters. The molecule has 0 saturated carbocycles. The van der Waals surface area contributed by atoms with E-state index in [1.807, 2.05) is 6.92 Å². The van der Waals surface area contributed by atoms with Gasteiger partial charge in [0.15, 0.2) is 0 Å². The lowest BCUT2D eigenvalue weighted by molar-refractivity contribution is 0.243. The van der Waals surface area contributed by atoms with E-state index in [0.717, 1.165) is 5.57 Å². The standard InChI is InChI=1S/C7H12O/c1-4-6(2)5-7(3)8/h4-5,7-8H,1H2,2-3H3/b6-5-. The smallest absolute Gasteiger partial charge is 0.0698 e. The zero-order valence-electron chi connectivity index (χ0n) is 5.39. The van der Waals surface area contributed by atoms with Gasteiger partial charge in [-0.25, -0.2) is 0 Å². The minimum Gasteiger partial charge on any atom is -0.389 e. The van der Waals surface area contributed by atoms with E-state index in [4.69, 9.17) is 5.11 Å². The van der Waals surface area contributed by atoms with Crippen LogP contribution in [0.5, 0.6) is 0 Å². The van der Waals surface area contributed by atoms with Crippen molar-refractivity contribution in [1.29, 1.82) is 0 Å². The predicted molar refractivity (Wildman–Crippen MR) is 35.6 cm³/mol. The third-order valence-corrected chi connectivity index (χ3v) is 0.826. The lowest BCUT2D eigenvalue weighted by atomic mass is 10.2. The Hall–Kier alpha value is -0.560. The van der Waals surface area contributed by atoms with Crippen LogP contribution in [0, 0.1) is 0 Å². The summed E-state index contributed by atoms with van der Waals surface area (Å²) in [5.41, 5.74) is 1.01. The maximum Gasteiger partial charge on any atom is 0.0698 e. The van der Waals surface area contributed by atoms with Crippen LogP contribution in [0.4, 0.5) is 0 Å². The van der Waals surface area contributed by atoms with Gasteiger partial charge >= 0.3 is 0 Å². The summed E-state index contributed by atoms with van der Waals surface area (Å²) in [5.74, 6) is 0. The maximum absolute atomic E-state index is 8.73. The fourth-order valence-corrected chi connectivity index (χ4v) is 0.449. The van der Waals surface area contributed by atoms with E-state index in [1.165, 1.54) is 0 Å². The number of allylic oxidation sites excluding steroid dienone is 2. The average molecular weight is 112 g/mol. The van der Waals surface area contributed by atoms with Gasteiger partial charge in [0.05, 0.1) is 6.10 Å². The third-order valence-electron chi connectivity index (χ3n) is 0.826. The molecule has 0 bridgehead atoms. The molecule has 0 aromatic heterocycles. The molecule has 0 rings (SSSR count). The highest BCUT2D eigenvalue weighted by atomic mass is 16.3. The van der Waals surface area contributed by atoms with Crippen molar-refractivity contribution in [3.8, 4) is 0 Å². The second-order valence-corrected chi connectivity index (χ2v) is 1.86. The molecule has 46 valence electrons. The maximum atomic E-state index is 8.73. The van der Waals surface area contributed by atoms with Gasteiger partial charge in [0, 0.05) is 0 Å². The Morgan fingerprint density at radius 2 is 2.25 bits per heavy atom. The zero-order valence-corrected chi connectivity index (χ0v) is 5.39. The highest BCUT2D eigenvalue weighted by Gasteiger charge is 1.85. The Bertz CT molecular complexity index is 101. The summed E-state index contributed by atoms with van der Waals surface area (Å²) in [7, 11) is 0. The van der Waals surface area contributed by atoms with E-state index in [1.54, 1.807) is 19.1 Å². The fraction of sp³-hybridized carbons (Fsp3) is 0.429. The molecule has 1 heteroatoms. The molecular weight excluding hydrogens is 100 g/mol. The van der Waals surface area contributed by atoms with Gasteiger partial charge < -0.3 is 5.11 Å². The number of aliphatic hydroxyl groups is 1. The van der Waals surface area contributed by atoms with Crippen LogP contribution in [-0.2, 0) is 0 Å².